The van der Waals surface area contributed by atoms with Gasteiger partial charge in [0.2, 0.25) is 0 Å². The number of hydrogen-bond donors (Lipinski definition) is 0. The molecule has 0 unspecified atom stereocenters. The molecule has 0 aromatic rings. The van der Waals surface area contributed by atoms with E-state index in [1.165, 1.54) is 5.57 Å². The minimum absolute atomic E-state index is 0.961. The summed E-state index contributed by atoms with van der Waals surface area (Å²) >= 11 is 0. The van der Waals surface area contributed by atoms with Gasteiger partial charge in [0, 0.05) is 26.2 Å². The molecule has 0 saturated heterocycles. The second-order valence-corrected chi connectivity index (χ2v) is 3.89. The Morgan fingerprint density at radius 2 is 1.79 bits per heavy atom. The average Bonchev–Trinajstić information content (AvgIpc) is 2.15. The van der Waals surface area contributed by atoms with Crippen LogP contribution in [0.2, 0.25) is 0 Å². The van der Waals surface area contributed by atoms with Gasteiger partial charge in [-0.2, -0.15) is 0 Å². The molecule has 82 valence electrons. The molecular weight excluding hydrogens is 172 g/mol. The standard InChI is InChI=1S/C12H24N2/c1-6-8-13(4)9-10-14(5)11-12(3)7-2/h6H,1,3,7-11H2,2,4-5H3. The van der Waals surface area contributed by atoms with Gasteiger partial charge >= 0.3 is 0 Å². The van der Waals surface area contributed by atoms with Crippen LogP contribution in [0.15, 0.2) is 24.8 Å². The Bertz CT molecular complexity index is 175. The van der Waals surface area contributed by atoms with Crippen molar-refractivity contribution in [2.75, 3.05) is 40.3 Å². The maximum absolute atomic E-state index is 4.01. The normalized spacial score (nSPS) is 10.9. The van der Waals surface area contributed by atoms with Gasteiger partial charge in [0.1, 0.15) is 0 Å². The summed E-state index contributed by atoms with van der Waals surface area (Å²) in [6, 6.07) is 0. The van der Waals surface area contributed by atoms with Crippen molar-refractivity contribution in [2.24, 2.45) is 0 Å². The summed E-state index contributed by atoms with van der Waals surface area (Å²) in [5.74, 6) is 0. The predicted octanol–water partition coefficient (Wildman–Crippen LogP) is 2.00. The molecule has 0 N–H and O–H groups in total. The van der Waals surface area contributed by atoms with Gasteiger partial charge in [0.25, 0.3) is 0 Å². The molecule has 0 aromatic heterocycles. The fourth-order valence-corrected chi connectivity index (χ4v) is 1.23. The van der Waals surface area contributed by atoms with E-state index in [2.05, 4.69) is 44.0 Å². The van der Waals surface area contributed by atoms with E-state index >= 15 is 0 Å². The maximum Gasteiger partial charge on any atom is 0.0187 e. The summed E-state index contributed by atoms with van der Waals surface area (Å²) in [4.78, 5) is 4.57. The van der Waals surface area contributed by atoms with Gasteiger partial charge in [-0.15, -0.1) is 6.58 Å². The zero-order valence-electron chi connectivity index (χ0n) is 9.92. The number of rotatable bonds is 8. The Morgan fingerprint density at radius 1 is 1.21 bits per heavy atom. The highest BCUT2D eigenvalue weighted by Gasteiger charge is 2.01. The Morgan fingerprint density at radius 3 is 2.29 bits per heavy atom. The summed E-state index contributed by atoms with van der Waals surface area (Å²) < 4.78 is 0. The molecule has 0 aromatic carbocycles. The first-order valence-corrected chi connectivity index (χ1v) is 5.24. The third-order valence-electron chi connectivity index (χ3n) is 2.30. The fraction of sp³-hybridized carbons (Fsp3) is 0.667. The predicted molar refractivity (Wildman–Crippen MR) is 64.6 cm³/mol. The van der Waals surface area contributed by atoms with E-state index in [4.69, 9.17) is 0 Å². The Kier molecular flexibility index (Phi) is 7.44. The molecule has 0 amide bonds. The summed E-state index contributed by atoms with van der Waals surface area (Å²) in [7, 11) is 4.26. The Balaban J connectivity index is 3.57. The first-order chi connectivity index (χ1) is 6.60. The second kappa shape index (κ2) is 7.77. The first kappa shape index (κ1) is 13.4. The Hall–Kier alpha value is -0.600. The van der Waals surface area contributed by atoms with Crippen molar-refractivity contribution in [2.45, 2.75) is 13.3 Å². The van der Waals surface area contributed by atoms with Crippen LogP contribution in [0.25, 0.3) is 0 Å². The smallest absolute Gasteiger partial charge is 0.0187 e. The van der Waals surface area contributed by atoms with E-state index < -0.39 is 0 Å². The molecule has 0 aliphatic heterocycles. The lowest BCUT2D eigenvalue weighted by Crippen LogP contribution is -2.31. The molecule has 14 heavy (non-hydrogen) atoms. The lowest BCUT2D eigenvalue weighted by atomic mass is 10.2. The van der Waals surface area contributed by atoms with E-state index in [0.29, 0.717) is 0 Å². The minimum atomic E-state index is 0.961. The average molecular weight is 196 g/mol. The van der Waals surface area contributed by atoms with E-state index in [1.807, 2.05) is 6.08 Å². The van der Waals surface area contributed by atoms with Crippen molar-refractivity contribution >= 4 is 0 Å². The number of likely N-dealkylation sites (N-methyl/N-ethyl adjacent to an activating group) is 2. The molecule has 2 heteroatoms. The topological polar surface area (TPSA) is 6.48 Å². The molecule has 0 saturated carbocycles. The fourth-order valence-electron chi connectivity index (χ4n) is 1.23. The van der Waals surface area contributed by atoms with Gasteiger partial charge in [-0.3, -0.25) is 0 Å². The van der Waals surface area contributed by atoms with Crippen molar-refractivity contribution in [1.29, 1.82) is 0 Å². The van der Waals surface area contributed by atoms with Crippen molar-refractivity contribution in [3.8, 4) is 0 Å². The molecule has 0 rings (SSSR count). The molecule has 0 radical (unpaired) electrons. The van der Waals surface area contributed by atoms with Crippen LogP contribution in [0.4, 0.5) is 0 Å². The molecule has 2 nitrogen and oxygen atoms in total. The Labute approximate surface area is 88.9 Å². The van der Waals surface area contributed by atoms with Crippen molar-refractivity contribution in [3.05, 3.63) is 24.8 Å². The molecule has 0 bridgehead atoms. The molecular formula is C12H24N2. The van der Waals surface area contributed by atoms with Crippen LogP contribution in [0.1, 0.15) is 13.3 Å². The van der Waals surface area contributed by atoms with Gasteiger partial charge in [-0.25, -0.2) is 0 Å². The third-order valence-corrected chi connectivity index (χ3v) is 2.30. The highest BCUT2D eigenvalue weighted by Crippen LogP contribution is 1.98. The molecule has 0 atom stereocenters. The summed E-state index contributed by atoms with van der Waals surface area (Å²) in [5, 5.41) is 0. The van der Waals surface area contributed by atoms with E-state index in [1.54, 1.807) is 0 Å². The van der Waals surface area contributed by atoms with Crippen LogP contribution in [0, 0.1) is 0 Å². The van der Waals surface area contributed by atoms with E-state index in [9.17, 15) is 0 Å². The summed E-state index contributed by atoms with van der Waals surface area (Å²) in [6.07, 6.45) is 3.01. The van der Waals surface area contributed by atoms with Gasteiger partial charge in [-0.05, 0) is 20.5 Å². The van der Waals surface area contributed by atoms with Gasteiger partial charge in [-0.1, -0.05) is 25.2 Å². The quantitative estimate of drug-likeness (QED) is 0.548. The van der Waals surface area contributed by atoms with Crippen LogP contribution in [-0.4, -0.2) is 50.1 Å². The lowest BCUT2D eigenvalue weighted by molar-refractivity contribution is 0.282. The van der Waals surface area contributed by atoms with Gasteiger partial charge in [0.05, 0.1) is 0 Å². The highest BCUT2D eigenvalue weighted by atomic mass is 15.2. The molecule has 0 aliphatic carbocycles. The third kappa shape index (κ3) is 6.87. The minimum Gasteiger partial charge on any atom is -0.301 e. The monoisotopic (exact) mass is 196 g/mol. The number of nitrogens with zero attached hydrogens (tertiary/aromatic N) is 2. The van der Waals surface area contributed by atoms with E-state index in [-0.39, 0.29) is 0 Å². The SMILES string of the molecule is C=CCN(C)CCN(C)CC(=C)CC. The van der Waals surface area contributed by atoms with E-state index in [0.717, 1.165) is 32.6 Å². The number of hydrogen-bond acceptors (Lipinski definition) is 2. The zero-order chi connectivity index (χ0) is 11.0. The van der Waals surface area contributed by atoms with Crippen molar-refractivity contribution < 1.29 is 0 Å². The van der Waals surface area contributed by atoms with Crippen molar-refractivity contribution in [3.63, 3.8) is 0 Å². The van der Waals surface area contributed by atoms with Crippen molar-refractivity contribution in [1.82, 2.24) is 9.80 Å². The molecule has 0 spiro atoms. The molecule has 0 aliphatic rings. The molecule has 0 heterocycles. The molecule has 0 fully saturated rings. The largest absolute Gasteiger partial charge is 0.301 e. The maximum atomic E-state index is 4.01. The van der Waals surface area contributed by atoms with Crippen LogP contribution >= 0.6 is 0 Å². The first-order valence-electron chi connectivity index (χ1n) is 5.24. The van der Waals surface area contributed by atoms with Crippen LogP contribution in [0.5, 0.6) is 0 Å². The van der Waals surface area contributed by atoms with Crippen LogP contribution in [-0.2, 0) is 0 Å². The summed E-state index contributed by atoms with van der Waals surface area (Å²) in [6.45, 7) is 14.0. The second-order valence-electron chi connectivity index (χ2n) is 3.89. The summed E-state index contributed by atoms with van der Waals surface area (Å²) in [5.41, 5.74) is 1.30. The van der Waals surface area contributed by atoms with Crippen LogP contribution < -0.4 is 0 Å². The van der Waals surface area contributed by atoms with Gasteiger partial charge < -0.3 is 9.80 Å². The van der Waals surface area contributed by atoms with Gasteiger partial charge in [0.15, 0.2) is 0 Å². The highest BCUT2D eigenvalue weighted by molar-refractivity contribution is 4.95. The lowest BCUT2D eigenvalue weighted by Gasteiger charge is -2.21. The zero-order valence-corrected chi connectivity index (χ0v) is 9.92. The van der Waals surface area contributed by atoms with Crippen LogP contribution in [0.3, 0.4) is 0 Å².